The number of rotatable bonds is 15. The van der Waals surface area contributed by atoms with Crippen molar-refractivity contribution in [2.75, 3.05) is 14.1 Å². The molecule has 8 heteroatoms. The standard InChI is InChI=1S/C27H39N3O3PS/c1-7-18-27(4,33-25-16-12-22(13-17-25)26(20-31)28-5)34(35)30(6)29-19-21-10-14-24(15-11-21)32-23(8-2)9-3/h10-17,19-20,23,26,28H,7-9,18H2,1-6H3/q+1. The topological polar surface area (TPSA) is 63.2 Å². The molecule has 0 amide bonds. The summed E-state index contributed by atoms with van der Waals surface area (Å²) in [6.07, 6.45) is 6.68. The van der Waals surface area contributed by atoms with Gasteiger partial charge in [-0.2, -0.15) is 0 Å². The fourth-order valence-corrected chi connectivity index (χ4v) is 5.61. The SMILES string of the molecule is CCCC(C)(Oc1ccc(C(C=O)NC)cc1)[P+](=S)N(C)N=Cc1ccc(OC(CC)CC)cc1. The third-order valence-electron chi connectivity index (χ3n) is 5.87. The molecule has 0 aliphatic rings. The van der Waals surface area contributed by atoms with E-state index in [-0.39, 0.29) is 12.1 Å². The lowest BCUT2D eigenvalue weighted by molar-refractivity contribution is -0.109. The molecular formula is C27H39N3O3PS+. The lowest BCUT2D eigenvalue weighted by atomic mass is 10.1. The Bertz CT molecular complexity index is 965. The maximum absolute atomic E-state index is 11.2. The largest absolute Gasteiger partial charge is 0.490 e. The van der Waals surface area contributed by atoms with Crippen molar-refractivity contribution in [3.8, 4) is 11.5 Å². The smallest absolute Gasteiger partial charge is 0.358 e. The quantitative estimate of drug-likeness (QED) is 0.127. The second-order valence-electron chi connectivity index (χ2n) is 8.63. The lowest BCUT2D eigenvalue weighted by Crippen LogP contribution is -2.31. The van der Waals surface area contributed by atoms with Crippen molar-refractivity contribution < 1.29 is 14.3 Å². The van der Waals surface area contributed by atoms with Crippen LogP contribution in [0.25, 0.3) is 0 Å². The molecule has 0 saturated carbocycles. The van der Waals surface area contributed by atoms with Gasteiger partial charge in [0, 0.05) is 13.3 Å². The molecule has 0 spiro atoms. The van der Waals surface area contributed by atoms with Crippen molar-refractivity contribution in [3.63, 3.8) is 0 Å². The molecular weight excluding hydrogens is 477 g/mol. The Labute approximate surface area is 216 Å². The molecule has 0 radical (unpaired) electrons. The van der Waals surface area contributed by atoms with Gasteiger partial charge in [-0.25, -0.2) is 0 Å². The molecule has 2 rings (SSSR count). The maximum Gasteiger partial charge on any atom is 0.358 e. The fraction of sp³-hybridized carbons (Fsp3) is 0.481. The van der Waals surface area contributed by atoms with Gasteiger partial charge in [-0.3, -0.25) is 0 Å². The Morgan fingerprint density at radius 3 is 2.20 bits per heavy atom. The molecule has 190 valence electrons. The molecule has 2 aromatic carbocycles. The third kappa shape index (κ3) is 8.38. The second-order valence-corrected chi connectivity index (χ2v) is 11.7. The van der Waals surface area contributed by atoms with Gasteiger partial charge in [0.05, 0.1) is 25.4 Å². The minimum absolute atomic E-state index is 0.242. The zero-order chi connectivity index (χ0) is 25.8. The van der Waals surface area contributed by atoms with Crippen LogP contribution >= 0.6 is 6.85 Å². The molecule has 0 aromatic heterocycles. The first-order chi connectivity index (χ1) is 16.8. The summed E-state index contributed by atoms with van der Waals surface area (Å²) in [7, 11) is 3.67. The van der Waals surface area contributed by atoms with Crippen molar-refractivity contribution >= 4 is 31.2 Å². The molecule has 2 aromatic rings. The number of nitrogens with zero attached hydrogens (tertiary/aromatic N) is 2. The van der Waals surface area contributed by atoms with Crippen LogP contribution in [0.2, 0.25) is 0 Å². The molecule has 0 aliphatic heterocycles. The molecule has 3 unspecified atom stereocenters. The molecule has 1 N–H and O–H groups in total. The number of benzene rings is 2. The maximum atomic E-state index is 11.2. The fourth-order valence-electron chi connectivity index (χ4n) is 3.74. The number of ether oxygens (including phenoxy) is 2. The van der Waals surface area contributed by atoms with Gasteiger partial charge in [0.25, 0.3) is 5.34 Å². The van der Waals surface area contributed by atoms with E-state index in [1.54, 1.807) is 7.05 Å². The van der Waals surface area contributed by atoms with Gasteiger partial charge in [0.2, 0.25) is 0 Å². The highest BCUT2D eigenvalue weighted by atomic mass is 32.4. The summed E-state index contributed by atoms with van der Waals surface area (Å²) >= 11 is 5.95. The molecule has 3 atom stereocenters. The highest BCUT2D eigenvalue weighted by Gasteiger charge is 2.45. The molecule has 6 nitrogen and oxygen atoms in total. The van der Waals surface area contributed by atoms with Gasteiger partial charge in [-0.05, 0) is 73.8 Å². The zero-order valence-electron chi connectivity index (χ0n) is 21.7. The average Bonchev–Trinajstić information content (AvgIpc) is 2.87. The molecule has 0 fully saturated rings. The van der Waals surface area contributed by atoms with E-state index in [9.17, 15) is 4.79 Å². The summed E-state index contributed by atoms with van der Waals surface area (Å²) in [5.74, 6) is 1.60. The number of likely N-dealkylation sites (N-methyl/N-ethyl adjacent to an activating group) is 1. The highest BCUT2D eigenvalue weighted by molar-refractivity contribution is 8.04. The summed E-state index contributed by atoms with van der Waals surface area (Å²) in [6, 6.07) is 15.2. The van der Waals surface area contributed by atoms with Gasteiger partial charge in [-0.1, -0.05) is 32.9 Å². The van der Waals surface area contributed by atoms with Crippen molar-refractivity contribution in [2.24, 2.45) is 5.10 Å². The summed E-state index contributed by atoms with van der Waals surface area (Å²) in [5.41, 5.74) is 1.88. The third-order valence-corrected chi connectivity index (χ3v) is 9.49. The van der Waals surface area contributed by atoms with E-state index in [2.05, 4.69) is 38.1 Å². The lowest BCUT2D eigenvalue weighted by Gasteiger charge is -2.24. The van der Waals surface area contributed by atoms with E-state index in [0.29, 0.717) is 0 Å². The van der Waals surface area contributed by atoms with Crippen molar-refractivity contribution in [1.82, 2.24) is 10.1 Å². The minimum Gasteiger partial charge on any atom is -0.490 e. The monoisotopic (exact) mass is 516 g/mol. The van der Waals surface area contributed by atoms with E-state index in [0.717, 1.165) is 54.6 Å². The number of carbonyl (C=O) groups excluding carboxylic acids is 1. The van der Waals surface area contributed by atoms with Crippen LogP contribution in [-0.4, -0.2) is 42.8 Å². The first-order valence-electron chi connectivity index (χ1n) is 12.2. The molecule has 0 bridgehead atoms. The van der Waals surface area contributed by atoms with Crippen LogP contribution in [-0.2, 0) is 16.6 Å². The van der Waals surface area contributed by atoms with Gasteiger partial charge < -0.3 is 19.6 Å². The Balaban J connectivity index is 2.09. The Hall–Kier alpha value is -2.34. The van der Waals surface area contributed by atoms with Crippen LogP contribution in [0.4, 0.5) is 0 Å². The van der Waals surface area contributed by atoms with Crippen LogP contribution in [0, 0.1) is 0 Å². The summed E-state index contributed by atoms with van der Waals surface area (Å²) in [4.78, 5) is 11.2. The van der Waals surface area contributed by atoms with E-state index in [1.165, 1.54) is 0 Å². The van der Waals surface area contributed by atoms with Gasteiger partial charge in [-0.15, -0.1) is 9.88 Å². The van der Waals surface area contributed by atoms with Gasteiger partial charge >= 0.3 is 6.85 Å². The van der Waals surface area contributed by atoms with Crippen molar-refractivity contribution in [2.45, 2.75) is 70.9 Å². The van der Waals surface area contributed by atoms with Crippen LogP contribution in [0.1, 0.15) is 70.5 Å². The predicted molar refractivity (Wildman–Crippen MR) is 149 cm³/mol. The highest BCUT2D eigenvalue weighted by Crippen LogP contribution is 2.46. The van der Waals surface area contributed by atoms with E-state index < -0.39 is 12.2 Å². The predicted octanol–water partition coefficient (Wildman–Crippen LogP) is 6.43. The first-order valence-corrected chi connectivity index (χ1v) is 14.5. The Morgan fingerprint density at radius 2 is 1.69 bits per heavy atom. The molecule has 0 aliphatic carbocycles. The number of hydrogen-bond donors (Lipinski definition) is 1. The van der Waals surface area contributed by atoms with Crippen molar-refractivity contribution in [3.05, 3.63) is 59.7 Å². The minimum atomic E-state index is -1.16. The summed E-state index contributed by atoms with van der Waals surface area (Å²) in [5, 5.41) is 7.05. The van der Waals surface area contributed by atoms with Crippen LogP contribution in [0.3, 0.4) is 0 Å². The number of carbonyl (C=O) groups is 1. The number of aldehydes is 1. The average molecular weight is 517 g/mol. The first kappa shape index (κ1) is 28.9. The number of nitrogens with one attached hydrogen (secondary N) is 1. The number of hydrogen-bond acceptors (Lipinski definition) is 6. The second kappa shape index (κ2) is 14.3. The zero-order valence-corrected chi connectivity index (χ0v) is 23.4. The molecule has 35 heavy (non-hydrogen) atoms. The molecule has 0 heterocycles. The Morgan fingerprint density at radius 1 is 1.09 bits per heavy atom. The van der Waals surface area contributed by atoms with Crippen molar-refractivity contribution in [1.29, 1.82) is 0 Å². The van der Waals surface area contributed by atoms with Gasteiger partial charge in [0.1, 0.15) is 17.8 Å². The van der Waals surface area contributed by atoms with E-state index in [4.69, 9.17) is 21.3 Å². The van der Waals surface area contributed by atoms with Gasteiger partial charge in [0.15, 0.2) is 11.8 Å². The van der Waals surface area contributed by atoms with Crippen LogP contribution < -0.4 is 14.8 Å². The van der Waals surface area contributed by atoms with Crippen LogP contribution in [0.5, 0.6) is 11.5 Å². The summed E-state index contributed by atoms with van der Waals surface area (Å²) < 4.78 is 14.3. The normalized spacial score (nSPS) is 14.4. The molecule has 0 saturated heterocycles. The van der Waals surface area contributed by atoms with E-state index >= 15 is 0 Å². The van der Waals surface area contributed by atoms with E-state index in [1.807, 2.05) is 66.6 Å². The number of hydrazone groups is 1. The summed E-state index contributed by atoms with van der Waals surface area (Å²) in [6.45, 7) is 7.29. The van der Waals surface area contributed by atoms with Crippen LogP contribution in [0.15, 0.2) is 53.6 Å². The Kier molecular flexibility index (Phi) is 11.8.